The van der Waals surface area contributed by atoms with E-state index in [1.54, 1.807) is 19.1 Å². The van der Waals surface area contributed by atoms with Crippen molar-refractivity contribution >= 4 is 24.3 Å². The maximum Gasteiger partial charge on any atom is 0.377 e. The summed E-state index contributed by atoms with van der Waals surface area (Å²) in [6.07, 6.45) is -0.225. The predicted molar refractivity (Wildman–Crippen MR) is 87.2 cm³/mol. The maximum absolute atomic E-state index is 12.2. The molecule has 8 nitrogen and oxygen atoms in total. The van der Waals surface area contributed by atoms with Crippen molar-refractivity contribution in [3.05, 3.63) is 47.2 Å². The minimum atomic E-state index is -1.46. The predicted octanol–water partition coefficient (Wildman–Crippen LogP) is 0.472. The number of carboxylic acid groups (broad SMARTS) is 1. The molecule has 0 aliphatic rings. The van der Waals surface area contributed by atoms with Crippen molar-refractivity contribution in [1.82, 2.24) is 5.16 Å². The highest BCUT2D eigenvalue weighted by molar-refractivity contribution is 5.88. The van der Waals surface area contributed by atoms with Gasteiger partial charge in [0.05, 0.1) is 18.1 Å². The van der Waals surface area contributed by atoms with Gasteiger partial charge in [-0.3, -0.25) is 0 Å². The molecule has 0 aliphatic carbocycles. The first-order chi connectivity index (χ1) is 11.5. The van der Waals surface area contributed by atoms with Crippen LogP contribution in [0.1, 0.15) is 28.6 Å². The molecule has 0 fully saturated rings. The number of carbonyl (C=O) groups excluding carboxylic acids is 2. The second-order valence-corrected chi connectivity index (χ2v) is 4.92. The lowest BCUT2D eigenvalue weighted by molar-refractivity contribution is -0.307. The monoisotopic (exact) mass is 369 g/mol. The summed E-state index contributed by atoms with van der Waals surface area (Å²) in [4.78, 5) is 23.0. The third-order valence-corrected chi connectivity index (χ3v) is 3.16. The van der Waals surface area contributed by atoms with Crippen molar-refractivity contribution in [1.29, 1.82) is 0 Å². The standard InChI is InChI=1S/C16H18N2O6.ClH/c1-2-22-14-11(8-12(17)15(19)20)13(24-18-14)16(21)23-9-10-6-4-3-5-7-10;/h3-7,12H,2,8-9,17H2,1H3,(H,19,20);1H/p-1. The summed E-state index contributed by atoms with van der Waals surface area (Å²) < 4.78 is 15.3. The lowest BCUT2D eigenvalue weighted by atomic mass is 10.1. The molecule has 2 rings (SSSR count). The van der Waals surface area contributed by atoms with Crippen LogP contribution in [0.3, 0.4) is 0 Å². The van der Waals surface area contributed by atoms with Crippen LogP contribution in [0.4, 0.5) is 0 Å². The normalized spacial score (nSPS) is 11.3. The Morgan fingerprint density at radius 1 is 1.32 bits per heavy atom. The number of ether oxygens (including phenoxy) is 2. The van der Waals surface area contributed by atoms with Gasteiger partial charge < -0.3 is 29.6 Å². The molecule has 0 saturated heterocycles. The van der Waals surface area contributed by atoms with Gasteiger partial charge in [-0.05, 0) is 17.6 Å². The highest BCUT2D eigenvalue weighted by atomic mass is 35.5. The molecule has 0 radical (unpaired) electrons. The molecule has 1 unspecified atom stereocenters. The molecule has 9 heteroatoms. The van der Waals surface area contributed by atoms with E-state index in [4.69, 9.17) is 19.7 Å². The first kappa shape index (κ1) is 20.5. The van der Waals surface area contributed by atoms with Crippen LogP contribution in [0.15, 0.2) is 34.9 Å². The Balaban J connectivity index is 0.00000312. The first-order valence-corrected chi connectivity index (χ1v) is 7.31. The molecule has 0 aliphatic heterocycles. The summed E-state index contributed by atoms with van der Waals surface area (Å²) in [5.74, 6) is -2.45. The highest BCUT2D eigenvalue weighted by Gasteiger charge is 2.26. The molecule has 0 spiro atoms. The molecule has 2 N–H and O–H groups in total. The van der Waals surface area contributed by atoms with E-state index in [2.05, 4.69) is 5.16 Å². The SMILES string of the molecule is CCOc1noc(C(=O)OCc2ccccc2)c1CC(N)C(=O)[O-].Cl. The number of nitrogens with two attached hydrogens (primary N) is 1. The molecule has 0 saturated carbocycles. The molecule has 1 aromatic carbocycles. The van der Waals surface area contributed by atoms with Gasteiger partial charge in [0.15, 0.2) is 0 Å². The topological polar surface area (TPSA) is 128 Å². The fourth-order valence-electron chi connectivity index (χ4n) is 1.98. The average Bonchev–Trinajstić information content (AvgIpc) is 2.96. The molecular formula is C16H18ClN2O6-. The molecule has 136 valence electrons. The van der Waals surface area contributed by atoms with Crippen LogP contribution in [-0.2, 0) is 22.6 Å². The third-order valence-electron chi connectivity index (χ3n) is 3.16. The largest absolute Gasteiger partial charge is 0.548 e. The molecule has 1 aromatic heterocycles. The van der Waals surface area contributed by atoms with E-state index in [1.807, 2.05) is 18.2 Å². The Bertz CT molecular complexity index is 704. The maximum atomic E-state index is 12.2. The van der Waals surface area contributed by atoms with E-state index in [9.17, 15) is 14.7 Å². The number of benzene rings is 1. The van der Waals surface area contributed by atoms with E-state index in [-0.39, 0.29) is 49.2 Å². The second-order valence-electron chi connectivity index (χ2n) is 4.92. The quantitative estimate of drug-likeness (QED) is 0.665. The van der Waals surface area contributed by atoms with E-state index >= 15 is 0 Å². The van der Waals surface area contributed by atoms with Crippen LogP contribution in [0.2, 0.25) is 0 Å². The van der Waals surface area contributed by atoms with E-state index in [1.165, 1.54) is 0 Å². The average molecular weight is 370 g/mol. The molecular weight excluding hydrogens is 352 g/mol. The zero-order valence-electron chi connectivity index (χ0n) is 13.5. The van der Waals surface area contributed by atoms with Crippen LogP contribution in [0, 0.1) is 0 Å². The van der Waals surface area contributed by atoms with Gasteiger partial charge in [-0.15, -0.1) is 12.4 Å². The van der Waals surface area contributed by atoms with Gasteiger partial charge in [-0.2, -0.15) is 0 Å². The number of aromatic nitrogens is 1. The minimum Gasteiger partial charge on any atom is -0.548 e. The van der Waals surface area contributed by atoms with Gasteiger partial charge in [-0.1, -0.05) is 30.3 Å². The van der Waals surface area contributed by atoms with Gasteiger partial charge in [0.25, 0.3) is 11.6 Å². The molecule has 25 heavy (non-hydrogen) atoms. The van der Waals surface area contributed by atoms with E-state index < -0.39 is 18.0 Å². The number of halogens is 1. The number of aliphatic carboxylic acids is 1. The Kier molecular flexibility index (Phi) is 7.90. The summed E-state index contributed by atoms with van der Waals surface area (Å²) in [6.45, 7) is 2.01. The Labute approximate surface area is 150 Å². The summed E-state index contributed by atoms with van der Waals surface area (Å²) in [6, 6.07) is 7.74. The minimum absolute atomic E-state index is 0. The van der Waals surface area contributed by atoms with Crippen LogP contribution < -0.4 is 15.6 Å². The van der Waals surface area contributed by atoms with Crippen molar-refractivity contribution in [2.24, 2.45) is 5.73 Å². The number of carboxylic acids is 1. The summed E-state index contributed by atoms with van der Waals surface area (Å²) in [7, 11) is 0. The third kappa shape index (κ3) is 5.47. The number of esters is 1. The van der Waals surface area contributed by atoms with E-state index in [0.29, 0.717) is 0 Å². The van der Waals surface area contributed by atoms with Crippen LogP contribution in [0.25, 0.3) is 0 Å². The van der Waals surface area contributed by atoms with E-state index in [0.717, 1.165) is 5.56 Å². The summed E-state index contributed by atoms with van der Waals surface area (Å²) in [5.41, 5.74) is 6.41. The van der Waals surface area contributed by atoms with Gasteiger partial charge in [-0.25, -0.2) is 4.79 Å². The fourth-order valence-corrected chi connectivity index (χ4v) is 1.98. The summed E-state index contributed by atoms with van der Waals surface area (Å²) in [5, 5.41) is 14.5. The molecule has 0 amide bonds. The van der Waals surface area contributed by atoms with Crippen LogP contribution in [0.5, 0.6) is 5.88 Å². The van der Waals surface area contributed by atoms with Crippen molar-refractivity contribution in [2.75, 3.05) is 6.61 Å². The van der Waals surface area contributed by atoms with Crippen LogP contribution in [-0.4, -0.2) is 29.7 Å². The molecule has 1 heterocycles. The van der Waals surface area contributed by atoms with Gasteiger partial charge in [0.2, 0.25) is 0 Å². The van der Waals surface area contributed by atoms with Gasteiger partial charge in [0, 0.05) is 12.5 Å². The highest BCUT2D eigenvalue weighted by Crippen LogP contribution is 2.24. The lowest BCUT2D eigenvalue weighted by Gasteiger charge is -2.12. The Morgan fingerprint density at radius 2 is 2.00 bits per heavy atom. The van der Waals surface area contributed by atoms with Crippen molar-refractivity contribution in [3.63, 3.8) is 0 Å². The smallest absolute Gasteiger partial charge is 0.377 e. The van der Waals surface area contributed by atoms with Crippen molar-refractivity contribution in [2.45, 2.75) is 26.0 Å². The first-order valence-electron chi connectivity index (χ1n) is 7.31. The number of rotatable bonds is 8. The Hall–Kier alpha value is -2.58. The second kappa shape index (κ2) is 9.65. The van der Waals surface area contributed by atoms with Crippen LogP contribution >= 0.6 is 12.4 Å². The Morgan fingerprint density at radius 3 is 2.60 bits per heavy atom. The van der Waals surface area contributed by atoms with Crippen molar-refractivity contribution < 1.29 is 28.7 Å². The molecule has 0 bridgehead atoms. The zero-order valence-corrected chi connectivity index (χ0v) is 14.3. The van der Waals surface area contributed by atoms with Gasteiger partial charge >= 0.3 is 5.97 Å². The number of carbonyl (C=O) groups is 2. The molecule has 1 atom stereocenters. The fraction of sp³-hybridized carbons (Fsp3) is 0.312. The van der Waals surface area contributed by atoms with Gasteiger partial charge in [0.1, 0.15) is 6.61 Å². The zero-order chi connectivity index (χ0) is 17.5. The number of nitrogens with zero attached hydrogens (tertiary/aromatic N) is 1. The number of hydrogen-bond donors (Lipinski definition) is 1. The number of hydrogen-bond acceptors (Lipinski definition) is 8. The summed E-state index contributed by atoms with van der Waals surface area (Å²) >= 11 is 0. The van der Waals surface area contributed by atoms with Crippen molar-refractivity contribution in [3.8, 4) is 5.88 Å². The molecule has 2 aromatic rings. The lowest BCUT2D eigenvalue weighted by Crippen LogP contribution is -2.43.